The van der Waals surface area contributed by atoms with Crippen LogP contribution in [0.15, 0.2) is 66.9 Å². The highest BCUT2D eigenvalue weighted by Gasteiger charge is 2.19. The van der Waals surface area contributed by atoms with Crippen LogP contribution in [0.4, 0.5) is 10.6 Å². The van der Waals surface area contributed by atoms with Gasteiger partial charge in [-0.2, -0.15) is 0 Å². The first-order valence-corrected chi connectivity index (χ1v) is 16.7. The van der Waals surface area contributed by atoms with Crippen molar-refractivity contribution in [2.45, 2.75) is 39.6 Å². The molecule has 11 nitrogen and oxygen atoms in total. The van der Waals surface area contributed by atoms with E-state index in [-0.39, 0.29) is 25.3 Å². The number of hydrogen-bond donors (Lipinski definition) is 3. The van der Waals surface area contributed by atoms with Gasteiger partial charge in [-0.25, -0.2) is 9.78 Å². The van der Waals surface area contributed by atoms with Crippen LogP contribution in [0.25, 0.3) is 11.1 Å². The van der Waals surface area contributed by atoms with E-state index in [9.17, 15) is 9.90 Å². The number of aliphatic hydroxyl groups is 1. The minimum atomic E-state index is -0.216. The number of morpholine rings is 1. The summed E-state index contributed by atoms with van der Waals surface area (Å²) in [6, 6.07) is 19.0. The summed E-state index contributed by atoms with van der Waals surface area (Å²) < 4.78 is 29.5. The van der Waals surface area contributed by atoms with Crippen molar-refractivity contribution in [1.82, 2.24) is 15.2 Å². The third-order valence-corrected chi connectivity index (χ3v) is 8.76. The quantitative estimate of drug-likeness (QED) is 0.165. The number of ether oxygens (including phenoxy) is 5. The van der Waals surface area contributed by atoms with Crippen LogP contribution < -0.4 is 29.6 Å². The summed E-state index contributed by atoms with van der Waals surface area (Å²) in [6.45, 7) is 8.06. The molecular formula is C37H41ClN4O7. The topological polar surface area (TPSA) is 124 Å². The fourth-order valence-corrected chi connectivity index (χ4v) is 5.82. The van der Waals surface area contributed by atoms with Crippen LogP contribution >= 0.6 is 11.6 Å². The Balaban J connectivity index is 1.17. The van der Waals surface area contributed by atoms with E-state index >= 15 is 0 Å². The molecule has 1 fully saturated rings. The number of aromatic nitrogens is 1. The van der Waals surface area contributed by atoms with Gasteiger partial charge in [0.05, 0.1) is 24.8 Å². The Morgan fingerprint density at radius 2 is 1.76 bits per heavy atom. The molecule has 1 atom stereocenters. The van der Waals surface area contributed by atoms with Crippen molar-refractivity contribution in [3.8, 4) is 34.1 Å². The van der Waals surface area contributed by atoms with Crippen LogP contribution in [0.2, 0.25) is 5.02 Å². The van der Waals surface area contributed by atoms with Crippen LogP contribution in [0.3, 0.4) is 0 Å². The van der Waals surface area contributed by atoms with E-state index in [1.54, 1.807) is 23.2 Å². The van der Waals surface area contributed by atoms with Gasteiger partial charge in [0.15, 0.2) is 11.5 Å². The summed E-state index contributed by atoms with van der Waals surface area (Å²) in [6.07, 6.45) is 1.64. The smallest absolute Gasteiger partial charge is 0.323 e. The zero-order valence-corrected chi connectivity index (χ0v) is 28.4. The van der Waals surface area contributed by atoms with Crippen LogP contribution in [0.5, 0.6) is 23.0 Å². The Hall–Kier alpha value is -4.55. The first kappa shape index (κ1) is 34.3. The van der Waals surface area contributed by atoms with Gasteiger partial charge < -0.3 is 39.0 Å². The molecule has 0 radical (unpaired) electrons. The monoisotopic (exact) mass is 688 g/mol. The summed E-state index contributed by atoms with van der Waals surface area (Å²) in [5.74, 6) is 2.99. The van der Waals surface area contributed by atoms with Crippen molar-refractivity contribution in [1.29, 1.82) is 0 Å². The predicted octanol–water partition coefficient (Wildman–Crippen LogP) is 5.97. The number of urea groups is 1. The highest BCUT2D eigenvalue weighted by molar-refractivity contribution is 6.32. The van der Waals surface area contributed by atoms with Gasteiger partial charge in [0.25, 0.3) is 0 Å². The minimum Gasteiger partial charge on any atom is -0.488 e. The summed E-state index contributed by atoms with van der Waals surface area (Å²) in [5.41, 5.74) is 5.83. The lowest BCUT2D eigenvalue weighted by Crippen LogP contribution is -2.43. The number of amides is 2. The number of halogens is 1. The molecule has 4 aromatic rings. The van der Waals surface area contributed by atoms with E-state index in [0.29, 0.717) is 75.0 Å². The molecule has 1 unspecified atom stereocenters. The van der Waals surface area contributed by atoms with Crippen LogP contribution in [-0.4, -0.2) is 73.2 Å². The fraction of sp³-hybridized carbons (Fsp3) is 0.351. The molecule has 2 aliphatic heterocycles. The second-order valence-corrected chi connectivity index (χ2v) is 12.4. The third-order valence-electron chi connectivity index (χ3n) is 8.46. The second-order valence-electron chi connectivity index (χ2n) is 12.0. The average Bonchev–Trinajstić information content (AvgIpc) is 3.13. The Labute approximate surface area is 291 Å². The minimum absolute atomic E-state index is 0.00818. The molecule has 1 aromatic heterocycles. The van der Waals surface area contributed by atoms with Gasteiger partial charge in [0.1, 0.15) is 43.7 Å². The van der Waals surface area contributed by atoms with Gasteiger partial charge in [-0.05, 0) is 72.0 Å². The van der Waals surface area contributed by atoms with Crippen molar-refractivity contribution in [2.24, 2.45) is 0 Å². The molecule has 0 aliphatic carbocycles. The third kappa shape index (κ3) is 8.73. The zero-order valence-electron chi connectivity index (χ0n) is 27.7. The SMILES string of the molecule is Cc1c(COc2cc(OCc3ccnc(NC(=O)N4CCOCC4)c3)c(CNC(C)CO)cc2Cl)cccc1-c1ccc2c(c1)OCCO2. The maximum Gasteiger partial charge on any atom is 0.323 e. The number of hydrogen-bond acceptors (Lipinski definition) is 9. The number of fused-ring (bicyclic) bond motifs is 1. The number of carbonyl (C=O) groups is 1. The lowest BCUT2D eigenvalue weighted by molar-refractivity contribution is 0.0564. The van der Waals surface area contributed by atoms with Crippen molar-refractivity contribution >= 4 is 23.4 Å². The molecule has 3 N–H and O–H groups in total. The Bertz CT molecular complexity index is 1770. The maximum atomic E-state index is 12.7. The highest BCUT2D eigenvalue weighted by atomic mass is 35.5. The Morgan fingerprint density at radius 3 is 2.57 bits per heavy atom. The van der Waals surface area contributed by atoms with Crippen LogP contribution in [-0.2, 0) is 24.5 Å². The molecule has 0 spiro atoms. The van der Waals surface area contributed by atoms with Gasteiger partial charge in [-0.15, -0.1) is 0 Å². The summed E-state index contributed by atoms with van der Waals surface area (Å²) in [4.78, 5) is 18.7. The molecule has 3 aromatic carbocycles. The number of aliphatic hydroxyl groups excluding tert-OH is 1. The molecule has 2 amide bonds. The number of pyridine rings is 1. The number of nitrogens with one attached hydrogen (secondary N) is 2. The van der Waals surface area contributed by atoms with Gasteiger partial charge in [-0.1, -0.05) is 35.9 Å². The second kappa shape index (κ2) is 16.2. The first-order chi connectivity index (χ1) is 23.9. The molecule has 49 heavy (non-hydrogen) atoms. The summed E-state index contributed by atoms with van der Waals surface area (Å²) >= 11 is 6.76. The summed E-state index contributed by atoms with van der Waals surface area (Å²) in [5, 5.41) is 16.1. The van der Waals surface area contributed by atoms with Crippen molar-refractivity contribution < 1.29 is 33.6 Å². The van der Waals surface area contributed by atoms with Crippen LogP contribution in [0.1, 0.15) is 29.2 Å². The zero-order chi connectivity index (χ0) is 34.2. The van der Waals surface area contributed by atoms with Gasteiger partial charge >= 0.3 is 6.03 Å². The summed E-state index contributed by atoms with van der Waals surface area (Å²) in [7, 11) is 0. The van der Waals surface area contributed by atoms with E-state index in [1.807, 2.05) is 49.4 Å². The number of benzene rings is 3. The largest absolute Gasteiger partial charge is 0.488 e. The van der Waals surface area contributed by atoms with E-state index in [2.05, 4.69) is 28.6 Å². The van der Waals surface area contributed by atoms with Gasteiger partial charge in [0.2, 0.25) is 0 Å². The molecule has 258 valence electrons. The molecule has 6 rings (SSSR count). The fourth-order valence-electron chi connectivity index (χ4n) is 5.58. The highest BCUT2D eigenvalue weighted by Crippen LogP contribution is 2.37. The van der Waals surface area contributed by atoms with Crippen molar-refractivity contribution in [2.75, 3.05) is 51.4 Å². The molecule has 0 saturated carbocycles. The molecule has 3 heterocycles. The Kier molecular flexibility index (Phi) is 11.4. The van der Waals surface area contributed by atoms with Crippen LogP contribution in [0, 0.1) is 6.92 Å². The van der Waals surface area contributed by atoms with Gasteiger partial charge in [0, 0.05) is 43.5 Å². The number of carbonyl (C=O) groups excluding carboxylic acids is 1. The Morgan fingerprint density at radius 1 is 0.959 bits per heavy atom. The molecule has 12 heteroatoms. The number of nitrogens with zero attached hydrogens (tertiary/aromatic N) is 2. The van der Waals surface area contributed by atoms with E-state index in [1.165, 1.54) is 0 Å². The standard InChI is InChI=1S/C37H41ClN4O7/c1-24(21-43)40-20-29-17-31(38)34(19-33(29)48-22-26-8-9-39-36(16-26)41-37(44)42-10-12-45-13-11-42)49-23-28-4-3-5-30(25(28)2)27-6-7-32-35(18-27)47-15-14-46-32/h3-9,16-19,24,40,43H,10-15,20-23H2,1-2H3,(H,39,41,44). The predicted molar refractivity (Wildman–Crippen MR) is 187 cm³/mol. The molecule has 2 aliphatic rings. The molecule has 1 saturated heterocycles. The first-order valence-electron chi connectivity index (χ1n) is 16.4. The molecular weight excluding hydrogens is 648 g/mol. The van der Waals surface area contributed by atoms with Crippen molar-refractivity contribution in [3.05, 3.63) is 94.1 Å². The van der Waals surface area contributed by atoms with E-state index in [0.717, 1.165) is 44.9 Å². The number of anilines is 1. The maximum absolute atomic E-state index is 12.7. The van der Waals surface area contributed by atoms with Gasteiger partial charge in [-0.3, -0.25) is 5.32 Å². The van der Waals surface area contributed by atoms with E-state index < -0.39 is 0 Å². The van der Waals surface area contributed by atoms with Crippen molar-refractivity contribution in [3.63, 3.8) is 0 Å². The average molecular weight is 689 g/mol. The lowest BCUT2D eigenvalue weighted by atomic mass is 9.96. The lowest BCUT2D eigenvalue weighted by Gasteiger charge is -2.26. The molecule has 0 bridgehead atoms. The van der Waals surface area contributed by atoms with E-state index in [4.69, 9.17) is 35.3 Å². The number of rotatable bonds is 12. The normalized spacial score (nSPS) is 14.7.